The number of ether oxygens (including phenoxy) is 1. The molecule has 1 rings (SSSR count). The van der Waals surface area contributed by atoms with Gasteiger partial charge in [-0.3, -0.25) is 0 Å². The average Bonchev–Trinajstić information content (AvgIpc) is 2.87. The second kappa shape index (κ2) is 11.2. The van der Waals surface area contributed by atoms with Crippen LogP contribution in [0.15, 0.2) is 0 Å². The van der Waals surface area contributed by atoms with Gasteiger partial charge >= 0.3 is 0 Å². The molecule has 0 unspecified atom stereocenters. The number of aromatic nitrogens is 2. The highest BCUT2D eigenvalue weighted by molar-refractivity contribution is 7.15. The van der Waals surface area contributed by atoms with E-state index >= 15 is 0 Å². The Balaban J connectivity index is 1.98. The monoisotopic (exact) mass is 285 g/mol. The summed E-state index contributed by atoms with van der Waals surface area (Å²) in [5, 5.41) is 13.3. The minimum Gasteiger partial charge on any atom is -0.374 e. The van der Waals surface area contributed by atoms with E-state index in [0.717, 1.165) is 36.1 Å². The Morgan fingerprint density at radius 2 is 1.79 bits per heavy atom. The van der Waals surface area contributed by atoms with E-state index in [4.69, 9.17) is 4.74 Å². The van der Waals surface area contributed by atoms with Crippen LogP contribution in [0.2, 0.25) is 0 Å². The van der Waals surface area contributed by atoms with Gasteiger partial charge in [0.15, 0.2) is 0 Å². The van der Waals surface area contributed by atoms with Crippen LogP contribution in [0.25, 0.3) is 0 Å². The molecule has 0 aliphatic rings. The minimum atomic E-state index is 0.598. The molecule has 0 saturated carbocycles. The molecule has 0 atom stereocenters. The predicted molar refractivity (Wildman–Crippen MR) is 81.7 cm³/mol. The van der Waals surface area contributed by atoms with Crippen molar-refractivity contribution in [2.45, 2.75) is 65.4 Å². The van der Waals surface area contributed by atoms with Crippen LogP contribution >= 0.6 is 11.3 Å². The molecule has 0 saturated heterocycles. The SMILES string of the molecule is CCCCCCCCOCc1nnc(NCCC)s1. The lowest BCUT2D eigenvalue weighted by Gasteiger charge is -2.01. The van der Waals surface area contributed by atoms with Crippen LogP contribution in [0.3, 0.4) is 0 Å². The zero-order chi connectivity index (χ0) is 13.8. The van der Waals surface area contributed by atoms with Gasteiger partial charge in [0.05, 0.1) is 0 Å². The van der Waals surface area contributed by atoms with Crippen molar-refractivity contribution in [3.63, 3.8) is 0 Å². The Morgan fingerprint density at radius 3 is 2.58 bits per heavy atom. The molecule has 0 aromatic carbocycles. The Hall–Kier alpha value is -0.680. The maximum absolute atomic E-state index is 5.62. The number of hydrogen-bond donors (Lipinski definition) is 1. The van der Waals surface area contributed by atoms with E-state index in [1.54, 1.807) is 11.3 Å². The van der Waals surface area contributed by atoms with Crippen molar-refractivity contribution in [2.24, 2.45) is 0 Å². The predicted octanol–water partition coefficient (Wildman–Crippen LogP) is 4.24. The average molecular weight is 285 g/mol. The second-order valence-corrected chi connectivity index (χ2v) is 5.81. The minimum absolute atomic E-state index is 0.598. The van der Waals surface area contributed by atoms with Crippen LogP contribution in [0.4, 0.5) is 5.13 Å². The highest BCUT2D eigenvalue weighted by atomic mass is 32.1. The first-order valence-corrected chi connectivity index (χ1v) is 8.32. The summed E-state index contributed by atoms with van der Waals surface area (Å²) in [4.78, 5) is 0. The molecule has 0 aliphatic carbocycles. The summed E-state index contributed by atoms with van der Waals surface area (Å²) in [6.07, 6.45) is 8.90. The van der Waals surface area contributed by atoms with Crippen molar-refractivity contribution in [3.05, 3.63) is 5.01 Å². The first-order chi connectivity index (χ1) is 9.36. The zero-order valence-corrected chi connectivity index (χ0v) is 13.1. The van der Waals surface area contributed by atoms with Crippen LogP contribution in [0.5, 0.6) is 0 Å². The Kier molecular flexibility index (Phi) is 9.63. The van der Waals surface area contributed by atoms with Crippen molar-refractivity contribution in [3.8, 4) is 0 Å². The van der Waals surface area contributed by atoms with Gasteiger partial charge in [-0.15, -0.1) is 10.2 Å². The highest BCUT2D eigenvalue weighted by Crippen LogP contribution is 2.16. The van der Waals surface area contributed by atoms with Gasteiger partial charge in [0.25, 0.3) is 0 Å². The van der Waals surface area contributed by atoms with Gasteiger partial charge in [0.1, 0.15) is 11.6 Å². The number of hydrogen-bond acceptors (Lipinski definition) is 5. The fraction of sp³-hybridized carbons (Fsp3) is 0.857. The van der Waals surface area contributed by atoms with Gasteiger partial charge in [-0.05, 0) is 12.8 Å². The molecule has 4 nitrogen and oxygen atoms in total. The molecule has 0 aliphatic heterocycles. The van der Waals surface area contributed by atoms with Gasteiger partial charge in [-0.2, -0.15) is 0 Å². The maximum Gasteiger partial charge on any atom is 0.205 e. The molecular formula is C14H27N3OS. The van der Waals surface area contributed by atoms with E-state index in [2.05, 4.69) is 29.4 Å². The molecule has 110 valence electrons. The summed E-state index contributed by atoms with van der Waals surface area (Å²) in [7, 11) is 0. The van der Waals surface area contributed by atoms with E-state index < -0.39 is 0 Å². The molecule has 1 N–H and O–H groups in total. The molecule has 1 aromatic heterocycles. The molecule has 1 aromatic rings. The molecular weight excluding hydrogens is 258 g/mol. The van der Waals surface area contributed by atoms with E-state index in [1.807, 2.05) is 0 Å². The van der Waals surface area contributed by atoms with Crippen molar-refractivity contribution < 1.29 is 4.74 Å². The van der Waals surface area contributed by atoms with Crippen LogP contribution in [-0.4, -0.2) is 23.3 Å². The number of nitrogens with one attached hydrogen (secondary N) is 1. The quantitative estimate of drug-likeness (QED) is 0.584. The van der Waals surface area contributed by atoms with Gasteiger partial charge in [-0.1, -0.05) is 57.3 Å². The maximum atomic E-state index is 5.62. The molecule has 0 amide bonds. The zero-order valence-electron chi connectivity index (χ0n) is 12.3. The lowest BCUT2D eigenvalue weighted by Crippen LogP contribution is -1.98. The van der Waals surface area contributed by atoms with E-state index in [9.17, 15) is 0 Å². The number of unbranched alkanes of at least 4 members (excludes halogenated alkanes) is 5. The summed E-state index contributed by atoms with van der Waals surface area (Å²) < 4.78 is 5.62. The third-order valence-corrected chi connectivity index (χ3v) is 3.72. The summed E-state index contributed by atoms with van der Waals surface area (Å²) in [5.41, 5.74) is 0. The second-order valence-electron chi connectivity index (χ2n) is 4.75. The molecule has 0 spiro atoms. The van der Waals surface area contributed by atoms with E-state index in [0.29, 0.717) is 6.61 Å². The Morgan fingerprint density at radius 1 is 1.00 bits per heavy atom. The lowest BCUT2D eigenvalue weighted by atomic mass is 10.1. The summed E-state index contributed by atoms with van der Waals surface area (Å²) in [6, 6.07) is 0. The molecule has 5 heteroatoms. The van der Waals surface area contributed by atoms with Crippen molar-refractivity contribution in [1.29, 1.82) is 0 Å². The summed E-state index contributed by atoms with van der Waals surface area (Å²) in [5.74, 6) is 0. The van der Waals surface area contributed by atoms with Gasteiger partial charge in [0, 0.05) is 13.2 Å². The van der Waals surface area contributed by atoms with E-state index in [1.165, 1.54) is 32.1 Å². The fourth-order valence-corrected chi connectivity index (χ4v) is 2.46. The van der Waals surface area contributed by atoms with Crippen molar-refractivity contribution in [1.82, 2.24) is 10.2 Å². The Labute approximate surface area is 121 Å². The van der Waals surface area contributed by atoms with Gasteiger partial charge in [0.2, 0.25) is 5.13 Å². The highest BCUT2D eigenvalue weighted by Gasteiger charge is 2.03. The number of anilines is 1. The van der Waals surface area contributed by atoms with Crippen molar-refractivity contribution >= 4 is 16.5 Å². The summed E-state index contributed by atoms with van der Waals surface area (Å²) >= 11 is 1.59. The smallest absolute Gasteiger partial charge is 0.205 e. The Bertz CT molecular complexity index is 317. The molecule has 1 heterocycles. The third-order valence-electron chi connectivity index (χ3n) is 2.86. The molecule has 0 bridgehead atoms. The number of nitrogens with zero attached hydrogens (tertiary/aromatic N) is 2. The molecule has 0 radical (unpaired) electrons. The largest absolute Gasteiger partial charge is 0.374 e. The number of rotatable bonds is 12. The van der Waals surface area contributed by atoms with Crippen LogP contribution < -0.4 is 5.32 Å². The fourth-order valence-electron chi connectivity index (χ4n) is 1.76. The van der Waals surface area contributed by atoms with Gasteiger partial charge < -0.3 is 10.1 Å². The van der Waals surface area contributed by atoms with Crippen LogP contribution in [0, 0.1) is 0 Å². The van der Waals surface area contributed by atoms with Crippen LogP contribution in [-0.2, 0) is 11.3 Å². The van der Waals surface area contributed by atoms with E-state index in [-0.39, 0.29) is 0 Å². The normalized spacial score (nSPS) is 10.8. The first kappa shape index (κ1) is 16.4. The third kappa shape index (κ3) is 8.16. The molecule has 0 fully saturated rings. The first-order valence-electron chi connectivity index (χ1n) is 7.50. The standard InChI is InChI=1S/C14H27N3OS/c1-3-5-6-7-8-9-11-18-12-13-16-17-14(19-13)15-10-4-2/h3-12H2,1-2H3,(H,15,17). The lowest BCUT2D eigenvalue weighted by molar-refractivity contribution is 0.116. The topological polar surface area (TPSA) is 47.0 Å². The molecule has 19 heavy (non-hydrogen) atoms. The van der Waals surface area contributed by atoms with Gasteiger partial charge in [-0.25, -0.2) is 0 Å². The van der Waals surface area contributed by atoms with Crippen LogP contribution in [0.1, 0.15) is 63.8 Å². The van der Waals surface area contributed by atoms with Crippen molar-refractivity contribution in [2.75, 3.05) is 18.5 Å². The summed E-state index contributed by atoms with van der Waals surface area (Å²) in [6.45, 7) is 6.77.